The number of hydroxylamine groups is 1. The molecule has 0 spiro atoms. The summed E-state index contributed by atoms with van der Waals surface area (Å²) in [6.45, 7) is 3.10. The molecule has 13 nitrogen and oxygen atoms in total. The molecule has 5 amide bonds. The SMILES string of the molecule is CC(C)C[C@@H](C(=O)N[C@@H](Cc1ccccc1)C(=O)Nc1ccc(S(=O)(=O)[O-])cc1)C(CN1C(=O)c2ccccc2C1=O)C(=O)NO.[Na+]. The van der Waals surface area contributed by atoms with Crippen LogP contribution in [-0.4, -0.2) is 65.2 Å². The normalized spacial score (nSPS) is 14.4. The van der Waals surface area contributed by atoms with Crippen molar-refractivity contribution in [3.63, 3.8) is 0 Å². The Balaban J connectivity index is 0.00000600. The molecule has 242 valence electrons. The van der Waals surface area contributed by atoms with Crippen LogP contribution in [0.25, 0.3) is 0 Å². The number of rotatable bonds is 13. The second-order valence-electron chi connectivity index (χ2n) is 11.3. The van der Waals surface area contributed by atoms with E-state index in [0.29, 0.717) is 5.56 Å². The van der Waals surface area contributed by atoms with Crippen LogP contribution in [0.15, 0.2) is 83.8 Å². The van der Waals surface area contributed by atoms with Crippen LogP contribution in [0.3, 0.4) is 0 Å². The van der Waals surface area contributed by atoms with Crippen molar-refractivity contribution in [3.8, 4) is 0 Å². The molecule has 1 unspecified atom stereocenters. The number of benzene rings is 3. The van der Waals surface area contributed by atoms with Gasteiger partial charge in [0, 0.05) is 18.7 Å². The second-order valence-corrected chi connectivity index (χ2v) is 12.7. The fourth-order valence-electron chi connectivity index (χ4n) is 5.31. The molecule has 1 aliphatic rings. The third-order valence-electron chi connectivity index (χ3n) is 7.58. The monoisotopic (exact) mass is 672 g/mol. The summed E-state index contributed by atoms with van der Waals surface area (Å²) < 4.78 is 33.9. The summed E-state index contributed by atoms with van der Waals surface area (Å²) in [4.78, 5) is 67.1. The Hall–Kier alpha value is -3.92. The number of carbonyl (C=O) groups excluding carboxylic acids is 5. The number of nitrogens with one attached hydrogen (secondary N) is 3. The molecule has 1 aliphatic heterocycles. The maximum absolute atomic E-state index is 14.0. The first-order valence-corrected chi connectivity index (χ1v) is 15.8. The van der Waals surface area contributed by atoms with E-state index in [1.165, 1.54) is 24.3 Å². The van der Waals surface area contributed by atoms with E-state index in [1.807, 2.05) is 0 Å². The van der Waals surface area contributed by atoms with Crippen molar-refractivity contribution < 1.29 is 71.7 Å². The smallest absolute Gasteiger partial charge is 0.744 e. The van der Waals surface area contributed by atoms with Gasteiger partial charge >= 0.3 is 29.6 Å². The summed E-state index contributed by atoms with van der Waals surface area (Å²) in [5.41, 5.74) is 2.70. The van der Waals surface area contributed by atoms with Crippen LogP contribution >= 0.6 is 0 Å². The molecular formula is C32H33N4NaO9S. The van der Waals surface area contributed by atoms with Crippen molar-refractivity contribution in [2.24, 2.45) is 17.8 Å². The zero-order valence-electron chi connectivity index (χ0n) is 26.0. The van der Waals surface area contributed by atoms with Crippen molar-refractivity contribution in [2.75, 3.05) is 11.9 Å². The first kappa shape index (κ1) is 37.5. The largest absolute Gasteiger partial charge is 1.00 e. The van der Waals surface area contributed by atoms with Crippen LogP contribution in [-0.2, 0) is 30.9 Å². The van der Waals surface area contributed by atoms with Crippen molar-refractivity contribution in [1.29, 1.82) is 0 Å². The molecule has 1 heterocycles. The number of hydrogen-bond donors (Lipinski definition) is 4. The van der Waals surface area contributed by atoms with Crippen molar-refractivity contribution in [2.45, 2.75) is 37.6 Å². The Morgan fingerprint density at radius 3 is 1.87 bits per heavy atom. The van der Waals surface area contributed by atoms with E-state index >= 15 is 0 Å². The molecule has 0 aromatic heterocycles. The summed E-state index contributed by atoms with van der Waals surface area (Å²) in [5.74, 6) is -6.42. The Bertz CT molecular complexity index is 1700. The number of imide groups is 1. The summed E-state index contributed by atoms with van der Waals surface area (Å²) in [6, 6.07) is 18.3. The molecule has 0 bridgehead atoms. The molecule has 15 heteroatoms. The second kappa shape index (κ2) is 16.3. The zero-order valence-corrected chi connectivity index (χ0v) is 28.8. The molecule has 4 rings (SSSR count). The Kier molecular flexibility index (Phi) is 13.0. The first-order chi connectivity index (χ1) is 21.8. The van der Waals surface area contributed by atoms with E-state index in [4.69, 9.17) is 0 Å². The molecule has 3 aromatic carbocycles. The molecule has 0 fully saturated rings. The van der Waals surface area contributed by atoms with Crippen LogP contribution in [0, 0.1) is 17.8 Å². The van der Waals surface area contributed by atoms with Gasteiger partial charge in [-0.25, -0.2) is 13.9 Å². The number of fused-ring (bicyclic) bond motifs is 1. The van der Waals surface area contributed by atoms with Crippen LogP contribution in [0.1, 0.15) is 46.5 Å². The van der Waals surface area contributed by atoms with Gasteiger partial charge in [-0.3, -0.25) is 34.1 Å². The minimum atomic E-state index is -4.70. The van der Waals surface area contributed by atoms with Gasteiger partial charge in [-0.05, 0) is 54.3 Å². The van der Waals surface area contributed by atoms with Gasteiger partial charge in [0.1, 0.15) is 16.2 Å². The van der Waals surface area contributed by atoms with Crippen molar-refractivity contribution >= 4 is 45.3 Å². The van der Waals surface area contributed by atoms with Crippen molar-refractivity contribution in [1.82, 2.24) is 15.7 Å². The van der Waals surface area contributed by atoms with Crippen LogP contribution in [0.5, 0.6) is 0 Å². The van der Waals surface area contributed by atoms with Gasteiger partial charge in [-0.1, -0.05) is 56.3 Å². The van der Waals surface area contributed by atoms with E-state index in [2.05, 4.69) is 10.6 Å². The van der Waals surface area contributed by atoms with Gasteiger partial charge in [-0.15, -0.1) is 0 Å². The van der Waals surface area contributed by atoms with Gasteiger partial charge in [-0.2, -0.15) is 0 Å². The van der Waals surface area contributed by atoms with E-state index in [1.54, 1.807) is 61.8 Å². The maximum atomic E-state index is 14.0. The average molecular weight is 673 g/mol. The van der Waals surface area contributed by atoms with E-state index < -0.39 is 69.0 Å². The standard InChI is InChI=1S/C32H34N4O9S.Na/c1-19(2)16-25(26(29(38)35-42)18-36-31(40)23-10-6-7-11-24(23)32(36)41)28(37)34-27(17-20-8-4-3-5-9-20)30(39)33-21-12-14-22(15-13-21)46(43,44)45;/h3-15,19,25-27,42H,16-18H2,1-2H3,(H,33,39)(H,34,37)(H,35,38)(H,43,44,45);/q;+1/p-1/t25-,26?,27+;/m1./s1. The number of carbonyl (C=O) groups is 5. The molecule has 0 saturated carbocycles. The summed E-state index contributed by atoms with van der Waals surface area (Å²) in [6.07, 6.45) is 0.118. The minimum Gasteiger partial charge on any atom is -0.744 e. The molecule has 4 N–H and O–H groups in total. The average Bonchev–Trinajstić information content (AvgIpc) is 3.26. The maximum Gasteiger partial charge on any atom is 1.00 e. The fraction of sp³-hybridized carbons (Fsp3) is 0.281. The summed E-state index contributed by atoms with van der Waals surface area (Å²) >= 11 is 0. The molecule has 3 atom stereocenters. The zero-order chi connectivity index (χ0) is 33.6. The Labute approximate surface area is 294 Å². The van der Waals surface area contributed by atoms with Gasteiger partial charge in [0.05, 0.1) is 27.9 Å². The summed E-state index contributed by atoms with van der Waals surface area (Å²) in [7, 11) is -4.70. The summed E-state index contributed by atoms with van der Waals surface area (Å²) in [5, 5.41) is 14.9. The Morgan fingerprint density at radius 1 is 0.809 bits per heavy atom. The van der Waals surface area contributed by atoms with Crippen LogP contribution in [0.4, 0.5) is 5.69 Å². The Morgan fingerprint density at radius 2 is 1.36 bits per heavy atom. The number of hydrogen-bond acceptors (Lipinski definition) is 9. The van der Waals surface area contributed by atoms with Crippen molar-refractivity contribution in [3.05, 3.63) is 95.6 Å². The molecule has 47 heavy (non-hydrogen) atoms. The molecule has 0 saturated heterocycles. The minimum absolute atomic E-state index is 0. The van der Waals surface area contributed by atoms with Gasteiger partial charge < -0.3 is 15.2 Å². The predicted octanol–water partition coefficient (Wildman–Crippen LogP) is -0.659. The molecule has 0 radical (unpaired) electrons. The number of nitrogens with zero attached hydrogens (tertiary/aromatic N) is 1. The van der Waals surface area contributed by atoms with E-state index in [0.717, 1.165) is 17.0 Å². The van der Waals surface area contributed by atoms with E-state index in [9.17, 15) is 42.2 Å². The number of anilines is 1. The quantitative estimate of drug-likeness (QED) is 0.0598. The topological polar surface area (TPSA) is 202 Å². The van der Waals surface area contributed by atoms with E-state index in [-0.39, 0.29) is 65.1 Å². The van der Waals surface area contributed by atoms with Crippen LogP contribution < -0.4 is 45.7 Å². The molecular weight excluding hydrogens is 639 g/mol. The predicted molar refractivity (Wildman–Crippen MR) is 163 cm³/mol. The van der Waals surface area contributed by atoms with Crippen LogP contribution in [0.2, 0.25) is 0 Å². The van der Waals surface area contributed by atoms with Gasteiger partial charge in [0.2, 0.25) is 17.7 Å². The molecule has 3 aromatic rings. The third-order valence-corrected chi connectivity index (χ3v) is 8.43. The molecule has 0 aliphatic carbocycles. The number of amides is 5. The fourth-order valence-corrected chi connectivity index (χ4v) is 5.78. The first-order valence-electron chi connectivity index (χ1n) is 14.4. The van der Waals surface area contributed by atoms with Gasteiger partial charge in [0.15, 0.2) is 0 Å². The third kappa shape index (κ3) is 9.34. The van der Waals surface area contributed by atoms with Gasteiger partial charge in [0.25, 0.3) is 11.8 Å².